The largest absolute Gasteiger partial charge is 0.480 e. The van der Waals surface area contributed by atoms with Crippen molar-refractivity contribution in [1.82, 2.24) is 9.88 Å². The zero-order chi connectivity index (χ0) is 18.5. The van der Waals surface area contributed by atoms with Crippen LogP contribution in [0.2, 0.25) is 0 Å². The molecule has 0 radical (unpaired) electrons. The van der Waals surface area contributed by atoms with Crippen LogP contribution in [0.25, 0.3) is 11.3 Å². The van der Waals surface area contributed by atoms with E-state index in [2.05, 4.69) is 4.98 Å². The minimum Gasteiger partial charge on any atom is -0.480 e. The van der Waals surface area contributed by atoms with Crippen molar-refractivity contribution >= 4 is 11.9 Å². The number of hydrogen-bond donors (Lipinski definition) is 1. The van der Waals surface area contributed by atoms with Gasteiger partial charge in [0.1, 0.15) is 6.04 Å². The van der Waals surface area contributed by atoms with Gasteiger partial charge in [-0.05, 0) is 25.2 Å². The molecule has 1 amide bonds. The van der Waals surface area contributed by atoms with Gasteiger partial charge in [-0.2, -0.15) is 0 Å². The number of aryl methyl sites for hydroxylation is 1. The highest BCUT2D eigenvalue weighted by molar-refractivity contribution is 5.83. The summed E-state index contributed by atoms with van der Waals surface area (Å²) in [7, 11) is 0. The number of carboxylic acids is 1. The van der Waals surface area contributed by atoms with Gasteiger partial charge in [-0.3, -0.25) is 4.79 Å². The summed E-state index contributed by atoms with van der Waals surface area (Å²) < 4.78 is 5.74. The molecule has 138 valence electrons. The number of carboxylic acid groups (broad SMARTS) is 1. The molecule has 1 aromatic heterocycles. The topological polar surface area (TPSA) is 83.6 Å². The van der Waals surface area contributed by atoms with Gasteiger partial charge in [-0.25, -0.2) is 9.78 Å². The molecule has 2 atom stereocenters. The van der Waals surface area contributed by atoms with Gasteiger partial charge >= 0.3 is 5.97 Å². The number of amides is 1. The van der Waals surface area contributed by atoms with Gasteiger partial charge in [0.25, 0.3) is 0 Å². The van der Waals surface area contributed by atoms with Crippen molar-refractivity contribution in [3.63, 3.8) is 0 Å². The standard InChI is InChI=1S/C20H24N2O4/c1-14-10-11-22(16(12-14)20(24)25)19(23)9-5-8-18-21-13-17(26-18)15-6-3-2-4-7-15/h2-4,6-7,13-14,16H,5,8-12H2,1H3,(H,24,25). The summed E-state index contributed by atoms with van der Waals surface area (Å²) in [5.41, 5.74) is 0.967. The normalized spacial score (nSPS) is 20.1. The van der Waals surface area contributed by atoms with E-state index >= 15 is 0 Å². The predicted octanol–water partition coefficient (Wildman–Crippen LogP) is 3.38. The van der Waals surface area contributed by atoms with E-state index in [0.717, 1.165) is 12.0 Å². The lowest BCUT2D eigenvalue weighted by atomic mass is 9.92. The van der Waals surface area contributed by atoms with Crippen LogP contribution in [0.3, 0.4) is 0 Å². The van der Waals surface area contributed by atoms with Crippen molar-refractivity contribution < 1.29 is 19.1 Å². The molecule has 0 aliphatic carbocycles. The van der Waals surface area contributed by atoms with Gasteiger partial charge in [-0.15, -0.1) is 0 Å². The van der Waals surface area contributed by atoms with Crippen LogP contribution in [0.1, 0.15) is 38.5 Å². The fourth-order valence-electron chi connectivity index (χ4n) is 3.37. The molecule has 1 aromatic carbocycles. The quantitative estimate of drug-likeness (QED) is 0.858. The van der Waals surface area contributed by atoms with E-state index in [4.69, 9.17) is 4.42 Å². The molecule has 1 aliphatic heterocycles. The van der Waals surface area contributed by atoms with Crippen molar-refractivity contribution in [2.75, 3.05) is 6.54 Å². The summed E-state index contributed by atoms with van der Waals surface area (Å²) in [5.74, 6) is 0.634. The maximum Gasteiger partial charge on any atom is 0.326 e. The molecule has 0 spiro atoms. The lowest BCUT2D eigenvalue weighted by Gasteiger charge is -2.36. The summed E-state index contributed by atoms with van der Waals surface area (Å²) in [6.07, 6.45) is 4.53. The van der Waals surface area contributed by atoms with Crippen molar-refractivity contribution in [2.24, 2.45) is 5.92 Å². The van der Waals surface area contributed by atoms with Crippen LogP contribution >= 0.6 is 0 Å². The summed E-state index contributed by atoms with van der Waals surface area (Å²) in [4.78, 5) is 29.7. The van der Waals surface area contributed by atoms with Gasteiger partial charge in [0.15, 0.2) is 11.7 Å². The highest BCUT2D eigenvalue weighted by atomic mass is 16.4. The van der Waals surface area contributed by atoms with Gasteiger partial charge in [-0.1, -0.05) is 37.3 Å². The van der Waals surface area contributed by atoms with Crippen LogP contribution in [-0.4, -0.2) is 39.5 Å². The molecule has 1 saturated heterocycles. The first-order valence-corrected chi connectivity index (χ1v) is 9.07. The number of oxazole rings is 1. The lowest BCUT2D eigenvalue weighted by Crippen LogP contribution is -2.49. The molecule has 2 heterocycles. The molecule has 1 fully saturated rings. The molecular weight excluding hydrogens is 332 g/mol. The number of piperidine rings is 1. The summed E-state index contributed by atoms with van der Waals surface area (Å²) >= 11 is 0. The second kappa shape index (κ2) is 8.17. The molecule has 2 unspecified atom stereocenters. The Morgan fingerprint density at radius 3 is 2.81 bits per heavy atom. The monoisotopic (exact) mass is 356 g/mol. The Morgan fingerprint density at radius 1 is 1.31 bits per heavy atom. The fourth-order valence-corrected chi connectivity index (χ4v) is 3.37. The van der Waals surface area contributed by atoms with E-state index < -0.39 is 12.0 Å². The third-order valence-corrected chi connectivity index (χ3v) is 4.86. The summed E-state index contributed by atoms with van der Waals surface area (Å²) in [6.45, 7) is 2.55. The smallest absolute Gasteiger partial charge is 0.326 e. The number of hydrogen-bond acceptors (Lipinski definition) is 4. The number of carbonyl (C=O) groups excluding carboxylic acids is 1. The molecule has 26 heavy (non-hydrogen) atoms. The van der Waals surface area contributed by atoms with Gasteiger partial charge in [0.05, 0.1) is 6.20 Å². The molecular formula is C20H24N2O4. The average molecular weight is 356 g/mol. The first kappa shape index (κ1) is 18.2. The van der Waals surface area contributed by atoms with Crippen LogP contribution in [0.5, 0.6) is 0 Å². The van der Waals surface area contributed by atoms with E-state index in [0.29, 0.717) is 49.8 Å². The van der Waals surface area contributed by atoms with Gasteiger partial charge in [0.2, 0.25) is 5.91 Å². The third kappa shape index (κ3) is 4.31. The van der Waals surface area contributed by atoms with Crippen LogP contribution in [0.4, 0.5) is 0 Å². The number of nitrogens with zero attached hydrogens (tertiary/aromatic N) is 2. The van der Waals surface area contributed by atoms with Crippen molar-refractivity contribution in [3.05, 3.63) is 42.4 Å². The number of rotatable bonds is 6. The first-order chi connectivity index (χ1) is 12.5. The Kier molecular flexibility index (Phi) is 5.71. The highest BCUT2D eigenvalue weighted by Gasteiger charge is 2.34. The third-order valence-electron chi connectivity index (χ3n) is 4.86. The van der Waals surface area contributed by atoms with Crippen molar-refractivity contribution in [3.8, 4) is 11.3 Å². The fraction of sp³-hybridized carbons (Fsp3) is 0.450. The van der Waals surface area contributed by atoms with E-state index in [1.54, 1.807) is 6.20 Å². The Balaban J connectivity index is 1.52. The van der Waals surface area contributed by atoms with E-state index in [-0.39, 0.29) is 5.91 Å². The zero-order valence-corrected chi connectivity index (χ0v) is 14.9. The highest BCUT2D eigenvalue weighted by Crippen LogP contribution is 2.24. The first-order valence-electron chi connectivity index (χ1n) is 9.07. The number of likely N-dealkylation sites (tertiary alicyclic amines) is 1. The molecule has 1 aliphatic rings. The molecule has 0 bridgehead atoms. The Hall–Kier alpha value is -2.63. The van der Waals surface area contributed by atoms with Crippen LogP contribution in [0, 0.1) is 5.92 Å². The number of carbonyl (C=O) groups is 2. The maximum atomic E-state index is 12.4. The summed E-state index contributed by atoms with van der Waals surface area (Å²) in [6, 6.07) is 9.04. The van der Waals surface area contributed by atoms with Crippen molar-refractivity contribution in [1.29, 1.82) is 0 Å². The SMILES string of the molecule is CC1CCN(C(=O)CCCc2ncc(-c3ccccc3)o2)C(C(=O)O)C1. The second-order valence-corrected chi connectivity index (χ2v) is 6.91. The molecule has 2 aromatic rings. The average Bonchev–Trinajstić information content (AvgIpc) is 3.11. The van der Waals surface area contributed by atoms with Crippen molar-refractivity contribution in [2.45, 2.75) is 45.1 Å². The molecule has 6 nitrogen and oxygen atoms in total. The van der Waals surface area contributed by atoms with Crippen LogP contribution < -0.4 is 0 Å². The zero-order valence-electron chi connectivity index (χ0n) is 14.9. The summed E-state index contributed by atoms with van der Waals surface area (Å²) in [5, 5.41) is 9.37. The molecule has 1 N–H and O–H groups in total. The second-order valence-electron chi connectivity index (χ2n) is 6.91. The van der Waals surface area contributed by atoms with Crippen LogP contribution in [-0.2, 0) is 16.0 Å². The van der Waals surface area contributed by atoms with Gasteiger partial charge < -0.3 is 14.4 Å². The minimum atomic E-state index is -0.912. The van der Waals surface area contributed by atoms with Crippen LogP contribution in [0.15, 0.2) is 40.9 Å². The Morgan fingerprint density at radius 2 is 2.08 bits per heavy atom. The van der Waals surface area contributed by atoms with E-state index in [9.17, 15) is 14.7 Å². The predicted molar refractivity (Wildman–Crippen MR) is 96.4 cm³/mol. The number of benzene rings is 1. The Bertz CT molecular complexity index is 756. The minimum absolute atomic E-state index is 0.0980. The molecule has 0 saturated carbocycles. The molecule has 6 heteroatoms. The number of aromatic nitrogens is 1. The van der Waals surface area contributed by atoms with Gasteiger partial charge in [0, 0.05) is 24.9 Å². The maximum absolute atomic E-state index is 12.4. The van der Waals surface area contributed by atoms with E-state index in [1.165, 1.54) is 4.90 Å². The Labute approximate surface area is 152 Å². The lowest BCUT2D eigenvalue weighted by molar-refractivity contribution is -0.153. The van der Waals surface area contributed by atoms with E-state index in [1.807, 2.05) is 37.3 Å². The number of aliphatic carboxylic acids is 1. The molecule has 3 rings (SSSR count).